The summed E-state index contributed by atoms with van der Waals surface area (Å²) >= 11 is 3.40. The Kier molecular flexibility index (Phi) is 6.60. The highest BCUT2D eigenvalue weighted by atomic mass is 79.9. The molecule has 1 aliphatic carbocycles. The van der Waals surface area contributed by atoms with Crippen LogP contribution < -0.4 is 0 Å². The van der Waals surface area contributed by atoms with Gasteiger partial charge in [-0.1, -0.05) is 22.9 Å². The zero-order valence-electron chi connectivity index (χ0n) is 16.8. The first-order valence-corrected chi connectivity index (χ1v) is 10.7. The Hall–Kier alpha value is -2.08. The molecule has 1 aliphatic rings. The van der Waals surface area contributed by atoms with Crippen molar-refractivity contribution >= 4 is 27.7 Å². The van der Waals surface area contributed by atoms with Gasteiger partial charge in [0.15, 0.2) is 0 Å². The number of rotatable bonds is 8. The molecule has 0 aliphatic heterocycles. The molecule has 2 aromatic rings. The van der Waals surface area contributed by atoms with Crippen LogP contribution in [0.3, 0.4) is 0 Å². The summed E-state index contributed by atoms with van der Waals surface area (Å²) < 4.78 is 2.97. The van der Waals surface area contributed by atoms with Gasteiger partial charge in [-0.25, -0.2) is 0 Å². The minimum Gasteiger partial charge on any atom is -0.353 e. The number of benzene rings is 1. The number of carbonyl (C=O) groups excluding carboxylic acids is 2. The maximum atomic E-state index is 13.2. The summed E-state index contributed by atoms with van der Waals surface area (Å²) in [6, 6.07) is 11.6. The first-order valence-electron chi connectivity index (χ1n) is 9.87. The lowest BCUT2D eigenvalue weighted by Gasteiger charge is -2.31. The van der Waals surface area contributed by atoms with Crippen LogP contribution in [0.2, 0.25) is 0 Å². The van der Waals surface area contributed by atoms with Crippen LogP contribution in [0.1, 0.15) is 49.2 Å². The molecule has 28 heavy (non-hydrogen) atoms. The normalized spacial score (nSPS) is 14.6. The fourth-order valence-corrected chi connectivity index (χ4v) is 3.55. The van der Waals surface area contributed by atoms with E-state index < -0.39 is 0 Å². The standard InChI is InChI=1S/C22H28BrN3O2/c1-4-16(2)25(22(28)17-7-9-18(23)10-8-17)15-21(27)26(19-11-12-19)14-20-6-5-13-24(20)3/h5-10,13,16,19H,4,11-12,14-15H2,1-3H3. The smallest absolute Gasteiger partial charge is 0.254 e. The van der Waals surface area contributed by atoms with Gasteiger partial charge in [0.2, 0.25) is 5.91 Å². The Bertz CT molecular complexity index is 827. The van der Waals surface area contributed by atoms with Crippen molar-refractivity contribution in [3.05, 3.63) is 58.3 Å². The molecular weight excluding hydrogens is 418 g/mol. The molecule has 1 aromatic carbocycles. The monoisotopic (exact) mass is 445 g/mol. The summed E-state index contributed by atoms with van der Waals surface area (Å²) in [5.74, 6) is -0.0701. The zero-order chi connectivity index (χ0) is 20.3. The minimum absolute atomic E-state index is 0.00353. The van der Waals surface area contributed by atoms with Crippen molar-refractivity contribution in [1.82, 2.24) is 14.4 Å². The fourth-order valence-electron chi connectivity index (χ4n) is 3.29. The van der Waals surface area contributed by atoms with Crippen molar-refractivity contribution in [2.45, 2.75) is 51.7 Å². The molecule has 6 heteroatoms. The van der Waals surface area contributed by atoms with E-state index in [1.165, 1.54) is 0 Å². The van der Waals surface area contributed by atoms with E-state index in [1.807, 2.05) is 60.8 Å². The highest BCUT2D eigenvalue weighted by molar-refractivity contribution is 9.10. The highest BCUT2D eigenvalue weighted by Crippen LogP contribution is 2.29. The molecule has 5 nitrogen and oxygen atoms in total. The zero-order valence-corrected chi connectivity index (χ0v) is 18.4. The lowest BCUT2D eigenvalue weighted by Crippen LogP contribution is -2.47. The van der Waals surface area contributed by atoms with Crippen LogP contribution in [-0.4, -0.2) is 44.8 Å². The van der Waals surface area contributed by atoms with Gasteiger partial charge in [0, 0.05) is 41.1 Å². The second kappa shape index (κ2) is 8.95. The SMILES string of the molecule is CCC(C)N(CC(=O)N(Cc1cccn1C)C1CC1)C(=O)c1ccc(Br)cc1. The fraction of sp³-hybridized carbons (Fsp3) is 0.455. The van der Waals surface area contributed by atoms with Crippen molar-refractivity contribution in [1.29, 1.82) is 0 Å². The van der Waals surface area contributed by atoms with Gasteiger partial charge in [-0.05, 0) is 62.6 Å². The Morgan fingerprint density at radius 1 is 1.21 bits per heavy atom. The molecule has 1 saturated carbocycles. The predicted molar refractivity (Wildman–Crippen MR) is 114 cm³/mol. The molecule has 1 atom stereocenters. The van der Waals surface area contributed by atoms with Crippen molar-refractivity contribution in [3.63, 3.8) is 0 Å². The number of nitrogens with zero attached hydrogens (tertiary/aromatic N) is 3. The van der Waals surface area contributed by atoms with Crippen LogP contribution in [-0.2, 0) is 18.4 Å². The number of aryl methyl sites for hydroxylation is 1. The average molecular weight is 446 g/mol. The number of halogens is 1. The first kappa shape index (κ1) is 20.6. The molecule has 1 aromatic heterocycles. The summed E-state index contributed by atoms with van der Waals surface area (Å²) in [7, 11) is 1.99. The molecule has 0 bridgehead atoms. The Morgan fingerprint density at radius 3 is 2.43 bits per heavy atom. The third-order valence-corrected chi connectivity index (χ3v) is 6.00. The van der Waals surface area contributed by atoms with Crippen LogP contribution in [0.15, 0.2) is 47.1 Å². The third kappa shape index (κ3) is 4.85. The Balaban J connectivity index is 1.77. The maximum Gasteiger partial charge on any atom is 0.254 e. The minimum atomic E-state index is -0.0928. The van der Waals surface area contributed by atoms with Gasteiger partial charge in [-0.3, -0.25) is 9.59 Å². The molecule has 0 N–H and O–H groups in total. The van der Waals surface area contributed by atoms with Gasteiger partial charge >= 0.3 is 0 Å². The van der Waals surface area contributed by atoms with Gasteiger partial charge in [0.25, 0.3) is 5.91 Å². The van der Waals surface area contributed by atoms with Crippen LogP contribution >= 0.6 is 15.9 Å². The molecular formula is C22H28BrN3O2. The summed E-state index contributed by atoms with van der Waals surface area (Å²) in [5.41, 5.74) is 1.71. The van der Waals surface area contributed by atoms with Crippen molar-refractivity contribution in [2.75, 3.05) is 6.54 Å². The van der Waals surface area contributed by atoms with Gasteiger partial charge in [-0.2, -0.15) is 0 Å². The molecule has 3 rings (SSSR count). The van der Waals surface area contributed by atoms with E-state index in [9.17, 15) is 9.59 Å². The van der Waals surface area contributed by atoms with Crippen molar-refractivity contribution in [3.8, 4) is 0 Å². The van der Waals surface area contributed by atoms with E-state index in [0.29, 0.717) is 18.2 Å². The van der Waals surface area contributed by atoms with E-state index >= 15 is 0 Å². The first-order chi connectivity index (χ1) is 13.4. The van der Waals surface area contributed by atoms with E-state index in [1.54, 1.807) is 17.0 Å². The van der Waals surface area contributed by atoms with Crippen LogP contribution in [0.25, 0.3) is 0 Å². The molecule has 1 heterocycles. The van der Waals surface area contributed by atoms with Gasteiger partial charge < -0.3 is 14.4 Å². The van der Waals surface area contributed by atoms with E-state index in [-0.39, 0.29) is 24.4 Å². The molecule has 1 unspecified atom stereocenters. The van der Waals surface area contributed by atoms with E-state index in [2.05, 4.69) is 15.9 Å². The topological polar surface area (TPSA) is 45.6 Å². The summed E-state index contributed by atoms with van der Waals surface area (Å²) in [6.07, 6.45) is 4.88. The second-order valence-corrected chi connectivity index (χ2v) is 8.48. The Morgan fingerprint density at radius 2 is 1.89 bits per heavy atom. The predicted octanol–water partition coefficient (Wildman–Crippen LogP) is 4.22. The summed E-state index contributed by atoms with van der Waals surface area (Å²) in [5, 5.41) is 0. The number of amides is 2. The number of aromatic nitrogens is 1. The molecule has 2 amide bonds. The van der Waals surface area contributed by atoms with E-state index in [0.717, 1.165) is 29.4 Å². The van der Waals surface area contributed by atoms with E-state index in [4.69, 9.17) is 0 Å². The molecule has 0 saturated heterocycles. The Labute approximate surface area is 175 Å². The average Bonchev–Trinajstić information content (AvgIpc) is 3.45. The lowest BCUT2D eigenvalue weighted by molar-refractivity contribution is -0.133. The van der Waals surface area contributed by atoms with Gasteiger partial charge in [-0.15, -0.1) is 0 Å². The number of hydrogen-bond donors (Lipinski definition) is 0. The summed E-state index contributed by atoms with van der Waals surface area (Å²) in [4.78, 5) is 30.0. The highest BCUT2D eigenvalue weighted by Gasteiger charge is 2.35. The second-order valence-electron chi connectivity index (χ2n) is 7.56. The molecule has 0 radical (unpaired) electrons. The molecule has 0 spiro atoms. The largest absolute Gasteiger partial charge is 0.353 e. The molecule has 1 fully saturated rings. The van der Waals surface area contributed by atoms with Crippen LogP contribution in [0.5, 0.6) is 0 Å². The third-order valence-electron chi connectivity index (χ3n) is 5.47. The lowest BCUT2D eigenvalue weighted by atomic mass is 10.1. The number of carbonyl (C=O) groups is 2. The van der Waals surface area contributed by atoms with Gasteiger partial charge in [0.05, 0.1) is 6.54 Å². The molecule has 150 valence electrons. The quantitative estimate of drug-likeness (QED) is 0.610. The van der Waals surface area contributed by atoms with Crippen LogP contribution in [0.4, 0.5) is 0 Å². The van der Waals surface area contributed by atoms with Crippen molar-refractivity contribution in [2.24, 2.45) is 7.05 Å². The number of hydrogen-bond acceptors (Lipinski definition) is 2. The maximum absolute atomic E-state index is 13.2. The van der Waals surface area contributed by atoms with Crippen molar-refractivity contribution < 1.29 is 9.59 Å². The summed E-state index contributed by atoms with van der Waals surface area (Å²) in [6.45, 7) is 4.75. The van der Waals surface area contributed by atoms with Gasteiger partial charge in [0.1, 0.15) is 6.54 Å². The van der Waals surface area contributed by atoms with Crippen LogP contribution in [0, 0.1) is 0 Å².